The minimum atomic E-state index is -0.954. The van der Waals surface area contributed by atoms with Crippen molar-refractivity contribution in [1.29, 1.82) is 0 Å². The van der Waals surface area contributed by atoms with Crippen molar-refractivity contribution < 1.29 is 9.53 Å². The molecule has 0 radical (unpaired) electrons. The Kier molecular flexibility index (Phi) is 5.00. The molecule has 4 rings (SSSR count). The van der Waals surface area contributed by atoms with E-state index in [0.717, 1.165) is 25.0 Å². The van der Waals surface area contributed by atoms with Gasteiger partial charge in [-0.2, -0.15) is 0 Å². The molecule has 0 saturated carbocycles. The van der Waals surface area contributed by atoms with E-state index in [9.17, 15) is 9.70 Å². The van der Waals surface area contributed by atoms with Crippen LogP contribution in [0.5, 0.6) is 0 Å². The molecule has 0 spiro atoms. The summed E-state index contributed by atoms with van der Waals surface area (Å²) in [5, 5.41) is 4.27. The molecule has 144 valence electrons. The number of esters is 1. The maximum Gasteiger partial charge on any atom is 0.334 e. The van der Waals surface area contributed by atoms with Crippen molar-refractivity contribution in [2.45, 2.75) is 50.6 Å². The third-order valence-corrected chi connectivity index (χ3v) is 6.43. The maximum atomic E-state index is 12.0. The summed E-state index contributed by atoms with van der Waals surface area (Å²) in [6.07, 6.45) is 3.99. The van der Waals surface area contributed by atoms with Gasteiger partial charge in [-0.1, -0.05) is 36.7 Å². The number of nitrogens with one attached hydrogen (secondary N) is 1. The lowest BCUT2D eigenvalue weighted by Crippen LogP contribution is -2.45. The number of fused-ring (bicyclic) bond motifs is 5. The van der Waals surface area contributed by atoms with Crippen molar-refractivity contribution in [3.05, 3.63) is 40.4 Å². The highest BCUT2D eigenvalue weighted by molar-refractivity contribution is 5.86. The minimum absolute atomic E-state index is 0.0878. The summed E-state index contributed by atoms with van der Waals surface area (Å²) in [4.78, 5) is 29.5. The van der Waals surface area contributed by atoms with Crippen molar-refractivity contribution in [3.63, 3.8) is 0 Å². The predicted molar refractivity (Wildman–Crippen MR) is 105 cm³/mol. The van der Waals surface area contributed by atoms with E-state index in [1.165, 1.54) is 36.6 Å². The highest BCUT2D eigenvalue weighted by atomic mass is 16.5. The number of benzene rings is 1. The number of ether oxygens (including phenoxy) is 1. The van der Waals surface area contributed by atoms with Crippen LogP contribution >= 0.6 is 0 Å². The fourth-order valence-corrected chi connectivity index (χ4v) is 5.21. The number of aromatic amines is 1. The molecule has 1 fully saturated rings. The van der Waals surface area contributed by atoms with E-state index in [4.69, 9.17) is 4.74 Å². The molecule has 0 aliphatic carbocycles. The molecule has 27 heavy (non-hydrogen) atoms. The molecule has 1 N–H and O–H groups in total. The van der Waals surface area contributed by atoms with Crippen LogP contribution in [0.2, 0.25) is 0 Å². The second kappa shape index (κ2) is 7.43. The van der Waals surface area contributed by atoms with Gasteiger partial charge in [0.2, 0.25) is 0 Å². The highest BCUT2D eigenvalue weighted by Crippen LogP contribution is 2.48. The number of carbonyl (C=O) groups is 1. The van der Waals surface area contributed by atoms with E-state index < -0.39 is 12.0 Å². The van der Waals surface area contributed by atoms with E-state index in [1.54, 1.807) is 0 Å². The van der Waals surface area contributed by atoms with Crippen molar-refractivity contribution in [2.75, 3.05) is 20.2 Å². The number of methoxy groups -OCH3 is 1. The average Bonchev–Trinajstić information content (AvgIpc) is 3.10. The van der Waals surface area contributed by atoms with Crippen LogP contribution in [0.25, 0.3) is 10.9 Å². The molecule has 3 heterocycles. The second-order valence-corrected chi connectivity index (χ2v) is 7.83. The smallest absolute Gasteiger partial charge is 0.334 e. The van der Waals surface area contributed by atoms with Gasteiger partial charge in [0.25, 0.3) is 0 Å². The molecule has 1 aromatic heterocycles. The monoisotopic (exact) mass is 369 g/mol. The van der Waals surface area contributed by atoms with Crippen LogP contribution in [0.1, 0.15) is 55.8 Å². The lowest BCUT2D eigenvalue weighted by Gasteiger charge is -2.46. The summed E-state index contributed by atoms with van der Waals surface area (Å²) in [6.45, 7) is 4.19. The fourth-order valence-electron chi connectivity index (χ4n) is 5.21. The standard InChI is InChI=1S/C21H27N3O3/c1-3-13-7-6-10-24-12-14(11-17(23-26)21(25)27-2)18-15-8-4-5-9-16(15)22-19(18)20(13)24/h4-5,8-9,13-14,17,20,22H,3,6-7,10-12H2,1-2H3/t13?,14-,17?,20+/m1/s1. The van der Waals surface area contributed by atoms with Gasteiger partial charge in [0.1, 0.15) is 0 Å². The third-order valence-electron chi connectivity index (χ3n) is 6.43. The number of H-pyrrole nitrogens is 1. The van der Waals surface area contributed by atoms with Gasteiger partial charge >= 0.3 is 5.97 Å². The fraction of sp³-hybridized carbons (Fsp3) is 0.571. The molecule has 1 saturated heterocycles. The molecule has 6 nitrogen and oxygen atoms in total. The van der Waals surface area contributed by atoms with E-state index in [2.05, 4.69) is 34.1 Å². The number of para-hydroxylation sites is 1. The van der Waals surface area contributed by atoms with Gasteiger partial charge in [-0.3, -0.25) is 4.90 Å². The Labute approximate surface area is 159 Å². The first-order valence-electron chi connectivity index (χ1n) is 9.92. The van der Waals surface area contributed by atoms with Crippen LogP contribution in [0.15, 0.2) is 29.4 Å². The summed E-state index contributed by atoms with van der Waals surface area (Å²) >= 11 is 0. The van der Waals surface area contributed by atoms with Crippen LogP contribution in [-0.2, 0) is 9.53 Å². The number of nitrogens with zero attached hydrogens (tertiary/aromatic N) is 2. The van der Waals surface area contributed by atoms with Gasteiger partial charge in [0.05, 0.1) is 13.2 Å². The molecule has 0 amide bonds. The Morgan fingerprint density at radius 1 is 1.41 bits per heavy atom. The Morgan fingerprint density at radius 3 is 2.96 bits per heavy atom. The summed E-state index contributed by atoms with van der Waals surface area (Å²) in [5.41, 5.74) is 3.67. The Morgan fingerprint density at radius 2 is 2.22 bits per heavy atom. The third kappa shape index (κ3) is 3.06. The Hall–Kier alpha value is -2.21. The van der Waals surface area contributed by atoms with Crippen LogP contribution in [0.4, 0.5) is 0 Å². The van der Waals surface area contributed by atoms with E-state index in [-0.39, 0.29) is 5.92 Å². The molecule has 1 aromatic carbocycles. The topological polar surface area (TPSA) is 74.8 Å². The lowest BCUT2D eigenvalue weighted by atomic mass is 9.76. The lowest BCUT2D eigenvalue weighted by molar-refractivity contribution is -0.142. The van der Waals surface area contributed by atoms with Crippen molar-refractivity contribution in [2.24, 2.45) is 11.1 Å². The summed E-state index contributed by atoms with van der Waals surface area (Å²) in [7, 11) is 1.31. The second-order valence-electron chi connectivity index (χ2n) is 7.83. The van der Waals surface area contributed by atoms with Gasteiger partial charge in [-0.15, -0.1) is 4.91 Å². The number of hydrogen-bond acceptors (Lipinski definition) is 5. The quantitative estimate of drug-likeness (QED) is 0.635. The van der Waals surface area contributed by atoms with E-state index in [0.29, 0.717) is 18.4 Å². The molecular formula is C21H27N3O3. The number of nitroso groups, excluding NO2 is 1. The van der Waals surface area contributed by atoms with Gasteiger partial charge in [0.15, 0.2) is 6.04 Å². The average molecular weight is 369 g/mol. The van der Waals surface area contributed by atoms with Crippen LogP contribution in [-0.4, -0.2) is 42.1 Å². The molecule has 2 aromatic rings. The first-order valence-corrected chi connectivity index (χ1v) is 9.92. The highest BCUT2D eigenvalue weighted by Gasteiger charge is 2.42. The zero-order chi connectivity index (χ0) is 19.0. The summed E-state index contributed by atoms with van der Waals surface area (Å²) < 4.78 is 4.79. The van der Waals surface area contributed by atoms with Crippen molar-refractivity contribution in [1.82, 2.24) is 9.88 Å². The first-order chi connectivity index (χ1) is 13.2. The van der Waals surface area contributed by atoms with Gasteiger partial charge < -0.3 is 9.72 Å². The molecule has 2 aliphatic heterocycles. The SMILES string of the molecule is CCC1CCCN2C[C@@H](CC(N=O)C(=O)OC)c3c([nH]c4ccccc34)[C@H]12. The Bertz CT molecular complexity index is 846. The maximum absolute atomic E-state index is 12.0. The van der Waals surface area contributed by atoms with Crippen LogP contribution in [0.3, 0.4) is 0 Å². The Balaban J connectivity index is 1.80. The largest absolute Gasteiger partial charge is 0.467 e. The number of carbonyl (C=O) groups excluding carboxylic acids is 1. The molecule has 2 aliphatic rings. The number of hydrogen-bond donors (Lipinski definition) is 1. The van der Waals surface area contributed by atoms with E-state index >= 15 is 0 Å². The van der Waals surface area contributed by atoms with Gasteiger partial charge in [-0.05, 0) is 43.4 Å². The number of piperidine rings is 1. The predicted octanol–water partition coefficient (Wildman–Crippen LogP) is 4.13. The molecule has 6 heteroatoms. The number of rotatable bonds is 5. The van der Waals surface area contributed by atoms with Crippen LogP contribution < -0.4 is 0 Å². The zero-order valence-electron chi connectivity index (χ0n) is 16.0. The molecular weight excluding hydrogens is 342 g/mol. The molecule has 4 atom stereocenters. The number of aromatic nitrogens is 1. The van der Waals surface area contributed by atoms with Crippen LogP contribution in [0, 0.1) is 10.8 Å². The normalized spacial score (nSPS) is 26.2. The van der Waals surface area contributed by atoms with Crippen molar-refractivity contribution in [3.8, 4) is 0 Å². The minimum Gasteiger partial charge on any atom is -0.467 e. The van der Waals surface area contributed by atoms with Gasteiger partial charge in [-0.25, -0.2) is 4.79 Å². The van der Waals surface area contributed by atoms with Gasteiger partial charge in [0, 0.05) is 29.1 Å². The molecule has 2 unspecified atom stereocenters. The van der Waals surface area contributed by atoms with E-state index in [1.807, 2.05) is 12.1 Å². The summed E-state index contributed by atoms with van der Waals surface area (Å²) in [5.74, 6) is 0.176. The zero-order valence-corrected chi connectivity index (χ0v) is 16.0. The molecule has 0 bridgehead atoms. The van der Waals surface area contributed by atoms with Crippen molar-refractivity contribution >= 4 is 16.9 Å². The first kappa shape index (κ1) is 18.2. The summed E-state index contributed by atoms with van der Waals surface area (Å²) in [6, 6.07) is 7.77.